The van der Waals surface area contributed by atoms with Crippen molar-refractivity contribution in [1.29, 1.82) is 5.26 Å². The van der Waals surface area contributed by atoms with Gasteiger partial charge in [0.1, 0.15) is 12.1 Å². The summed E-state index contributed by atoms with van der Waals surface area (Å²) in [5, 5.41) is 18.2. The van der Waals surface area contributed by atoms with Crippen molar-refractivity contribution in [3.05, 3.63) is 92.8 Å². The van der Waals surface area contributed by atoms with E-state index in [1.54, 1.807) is 17.5 Å². The molecular formula is C25H23ClN8S. The van der Waals surface area contributed by atoms with Crippen LogP contribution in [0.3, 0.4) is 0 Å². The van der Waals surface area contributed by atoms with Gasteiger partial charge in [-0.2, -0.15) is 10.8 Å². The van der Waals surface area contributed by atoms with Crippen LogP contribution in [0.2, 0.25) is 5.02 Å². The Labute approximate surface area is 212 Å². The van der Waals surface area contributed by atoms with Gasteiger partial charge in [-0.25, -0.2) is 4.98 Å². The van der Waals surface area contributed by atoms with E-state index in [1.165, 1.54) is 0 Å². The highest BCUT2D eigenvalue weighted by atomic mass is 35.5. The Morgan fingerprint density at radius 3 is 2.66 bits per heavy atom. The lowest BCUT2D eigenvalue weighted by molar-refractivity contribution is 0.584. The lowest BCUT2D eigenvalue weighted by Gasteiger charge is -2.22. The zero-order valence-corrected chi connectivity index (χ0v) is 20.6. The molecule has 10 heteroatoms. The van der Waals surface area contributed by atoms with Crippen LogP contribution in [0.25, 0.3) is 10.9 Å². The van der Waals surface area contributed by atoms with Gasteiger partial charge in [-0.1, -0.05) is 41.9 Å². The third kappa shape index (κ3) is 4.59. The van der Waals surface area contributed by atoms with E-state index in [2.05, 4.69) is 62.1 Å². The summed E-state index contributed by atoms with van der Waals surface area (Å²) < 4.78 is 0. The van der Waals surface area contributed by atoms with Gasteiger partial charge in [-0.05, 0) is 31.5 Å². The van der Waals surface area contributed by atoms with Crippen molar-refractivity contribution in [3.8, 4) is 6.07 Å². The second kappa shape index (κ2) is 9.80. The molecule has 8 nitrogen and oxygen atoms in total. The second-order valence-corrected chi connectivity index (χ2v) is 9.46. The maximum Gasteiger partial charge on any atom is 0.106 e. The SMILES string of the molecule is Cc1ncsc1[C@H](Nc1cc(Cl)c2ncc(C#N)c(N[C@H](C)c3ccccc3)c2c1)C1=CNNN1. The number of thiazole rings is 1. The Kier molecular flexibility index (Phi) is 6.42. The Hall–Kier alpha value is -3.84. The van der Waals surface area contributed by atoms with Crippen LogP contribution in [0.5, 0.6) is 0 Å². The minimum atomic E-state index is -0.190. The summed E-state index contributed by atoms with van der Waals surface area (Å²) in [4.78, 5) is 9.97. The number of hydrazine groups is 2. The summed E-state index contributed by atoms with van der Waals surface area (Å²) in [5.41, 5.74) is 16.4. The lowest BCUT2D eigenvalue weighted by atomic mass is 10.0. The first-order chi connectivity index (χ1) is 17.0. The van der Waals surface area contributed by atoms with E-state index in [-0.39, 0.29) is 12.1 Å². The topological polar surface area (TPSA) is 110 Å². The molecule has 0 spiro atoms. The highest BCUT2D eigenvalue weighted by Crippen LogP contribution is 2.37. The van der Waals surface area contributed by atoms with E-state index in [1.807, 2.05) is 49.0 Å². The van der Waals surface area contributed by atoms with E-state index >= 15 is 0 Å². The van der Waals surface area contributed by atoms with Crippen LogP contribution in [0.1, 0.15) is 40.7 Å². The van der Waals surface area contributed by atoms with Crippen LogP contribution < -0.4 is 27.0 Å². The maximum atomic E-state index is 9.83. The highest BCUT2D eigenvalue weighted by Gasteiger charge is 2.24. The number of nitrogens with one attached hydrogen (secondary N) is 5. The molecule has 5 rings (SSSR count). The van der Waals surface area contributed by atoms with Crippen LogP contribution >= 0.6 is 22.9 Å². The number of pyridine rings is 1. The molecule has 1 aliphatic heterocycles. The third-order valence-corrected chi connectivity index (χ3v) is 7.16. The number of aryl methyl sites for hydroxylation is 1. The summed E-state index contributed by atoms with van der Waals surface area (Å²) in [7, 11) is 0. The fourth-order valence-corrected chi connectivity index (χ4v) is 5.22. The number of nitriles is 1. The van der Waals surface area contributed by atoms with Gasteiger partial charge in [0.2, 0.25) is 0 Å². The number of hydrogen-bond donors (Lipinski definition) is 5. The molecule has 0 saturated carbocycles. The van der Waals surface area contributed by atoms with Gasteiger partial charge < -0.3 is 21.5 Å². The van der Waals surface area contributed by atoms with Crippen LogP contribution in [-0.4, -0.2) is 9.97 Å². The molecule has 0 fully saturated rings. The maximum absolute atomic E-state index is 9.83. The molecule has 5 N–H and O–H groups in total. The molecule has 176 valence electrons. The first kappa shape index (κ1) is 22.9. The van der Waals surface area contributed by atoms with Crippen LogP contribution in [0.15, 0.2) is 66.1 Å². The standard InChI is InChI=1S/C25H23ClN8S/c1-14(16-6-4-3-5-7-16)31-22-17(10-27)11-28-23-19(22)8-18(9-20(23)26)32-24(21-12-30-34-33-21)25-15(2)29-13-35-25/h3-9,11-14,24,30,32-34H,1-2H3,(H,28,31)/t14-,24-/m1/s1. The molecule has 0 unspecified atom stereocenters. The zero-order valence-electron chi connectivity index (χ0n) is 19.1. The van der Waals surface area contributed by atoms with Crippen LogP contribution in [0, 0.1) is 18.3 Å². The van der Waals surface area contributed by atoms with Gasteiger partial charge in [-0.3, -0.25) is 4.98 Å². The molecule has 1 aliphatic rings. The Morgan fingerprint density at radius 1 is 1.14 bits per heavy atom. The minimum absolute atomic E-state index is 0.0260. The highest BCUT2D eigenvalue weighted by molar-refractivity contribution is 7.09. The molecular weight excluding hydrogens is 480 g/mol. The number of fused-ring (bicyclic) bond motifs is 1. The Morgan fingerprint density at radius 2 is 1.97 bits per heavy atom. The smallest absolute Gasteiger partial charge is 0.106 e. The van der Waals surface area contributed by atoms with E-state index in [0.717, 1.165) is 32.9 Å². The van der Waals surface area contributed by atoms with Gasteiger partial charge in [0.25, 0.3) is 0 Å². The lowest BCUT2D eigenvalue weighted by Crippen LogP contribution is -2.33. The number of benzene rings is 2. The number of rotatable bonds is 7. The van der Waals surface area contributed by atoms with Crippen molar-refractivity contribution < 1.29 is 0 Å². The summed E-state index contributed by atoms with van der Waals surface area (Å²) in [6.07, 6.45) is 3.43. The summed E-state index contributed by atoms with van der Waals surface area (Å²) >= 11 is 8.28. The van der Waals surface area contributed by atoms with Crippen molar-refractivity contribution in [2.24, 2.45) is 0 Å². The average Bonchev–Trinajstić information content (AvgIpc) is 3.56. The molecule has 0 radical (unpaired) electrons. The second-order valence-electron chi connectivity index (χ2n) is 8.16. The van der Waals surface area contributed by atoms with Gasteiger partial charge in [-0.15, -0.1) is 11.3 Å². The summed E-state index contributed by atoms with van der Waals surface area (Å²) in [6.45, 7) is 4.05. The fourth-order valence-electron chi connectivity index (χ4n) is 4.08. The molecule has 3 heterocycles. The minimum Gasteiger partial charge on any atom is -0.377 e. The normalized spacial score (nSPS) is 14.4. The molecule has 2 aromatic carbocycles. The average molecular weight is 503 g/mol. The van der Waals surface area contributed by atoms with Crippen molar-refractivity contribution in [3.63, 3.8) is 0 Å². The molecule has 0 bridgehead atoms. The number of nitrogens with zero attached hydrogens (tertiary/aromatic N) is 3. The van der Waals surface area contributed by atoms with Crippen LogP contribution in [0.4, 0.5) is 11.4 Å². The van der Waals surface area contributed by atoms with Crippen molar-refractivity contribution in [2.75, 3.05) is 10.6 Å². The van der Waals surface area contributed by atoms with Crippen molar-refractivity contribution in [2.45, 2.75) is 25.9 Å². The monoisotopic (exact) mass is 502 g/mol. The van der Waals surface area contributed by atoms with E-state index in [9.17, 15) is 5.26 Å². The zero-order chi connectivity index (χ0) is 24.4. The number of aromatic nitrogens is 2. The summed E-state index contributed by atoms with van der Waals surface area (Å²) in [6, 6.07) is 16.0. The van der Waals surface area contributed by atoms with Crippen LogP contribution in [-0.2, 0) is 0 Å². The summed E-state index contributed by atoms with van der Waals surface area (Å²) in [5.74, 6) is 0. The van der Waals surface area contributed by atoms with Gasteiger partial charge in [0.05, 0.1) is 43.6 Å². The third-order valence-electron chi connectivity index (χ3n) is 5.88. The largest absolute Gasteiger partial charge is 0.377 e. The number of anilines is 2. The predicted molar refractivity (Wildman–Crippen MR) is 141 cm³/mol. The Bertz CT molecular complexity index is 1440. The predicted octanol–water partition coefficient (Wildman–Crippen LogP) is 5.30. The Balaban J connectivity index is 1.58. The quantitative estimate of drug-likeness (QED) is 0.231. The first-order valence-corrected chi connectivity index (χ1v) is 12.3. The molecule has 0 aliphatic carbocycles. The molecule has 4 aromatic rings. The molecule has 0 saturated heterocycles. The van der Waals surface area contributed by atoms with E-state index in [4.69, 9.17) is 11.6 Å². The number of hydrogen-bond acceptors (Lipinski definition) is 9. The molecule has 35 heavy (non-hydrogen) atoms. The van der Waals surface area contributed by atoms with Gasteiger partial charge in [0, 0.05) is 29.5 Å². The van der Waals surface area contributed by atoms with E-state index in [0.29, 0.717) is 21.8 Å². The first-order valence-electron chi connectivity index (χ1n) is 11.0. The van der Waals surface area contributed by atoms with Gasteiger partial charge >= 0.3 is 0 Å². The fraction of sp³-hybridized carbons (Fsp3) is 0.160. The number of halogens is 1. The molecule has 2 atom stereocenters. The molecule has 2 aromatic heterocycles. The molecule has 0 amide bonds. The van der Waals surface area contributed by atoms with E-state index < -0.39 is 0 Å². The van der Waals surface area contributed by atoms with Crippen molar-refractivity contribution >= 4 is 45.2 Å². The van der Waals surface area contributed by atoms with Gasteiger partial charge in [0.15, 0.2) is 0 Å². The van der Waals surface area contributed by atoms with Crippen molar-refractivity contribution in [1.82, 2.24) is 26.4 Å².